The molecule has 0 aromatic heterocycles. The van der Waals surface area contributed by atoms with E-state index in [9.17, 15) is 17.6 Å². The van der Waals surface area contributed by atoms with Crippen molar-refractivity contribution in [3.63, 3.8) is 0 Å². The maximum absolute atomic E-state index is 15.7. The fourth-order valence-electron chi connectivity index (χ4n) is 6.89. The first-order valence-electron chi connectivity index (χ1n) is 14.7. The Morgan fingerprint density at radius 3 is 1.90 bits per heavy atom. The van der Waals surface area contributed by atoms with E-state index < -0.39 is 52.2 Å². The monoisotopic (exact) mass is 587 g/mol. The van der Waals surface area contributed by atoms with Crippen molar-refractivity contribution in [2.45, 2.75) is 89.4 Å². The molecule has 2 aliphatic rings. The highest BCUT2D eigenvalue weighted by atomic mass is 19.2. The number of nitrogens with zero attached hydrogens (tertiary/aromatic N) is 1. The highest BCUT2D eigenvalue weighted by molar-refractivity contribution is 5.41. The van der Waals surface area contributed by atoms with Crippen molar-refractivity contribution in [2.24, 2.45) is 5.92 Å². The molecule has 1 fully saturated rings. The lowest BCUT2D eigenvalue weighted by molar-refractivity contribution is 0.353. The SMILES string of the molecule is CCCc1ccc(CCC2CCc3c(F)c(C4CCC(c5cc(F)c(C#N)c(F)c5)CC4)c(F)c(F)c3C2)c(F)c1F. The minimum atomic E-state index is -1.19. The fraction of sp³-hybridized carbons (Fsp3) is 0.441. The van der Waals surface area contributed by atoms with Crippen LogP contribution in [0, 0.1) is 58.0 Å². The zero-order valence-electron chi connectivity index (χ0n) is 23.4. The lowest BCUT2D eigenvalue weighted by Crippen LogP contribution is -2.23. The van der Waals surface area contributed by atoms with Crippen LogP contribution >= 0.6 is 0 Å². The van der Waals surface area contributed by atoms with Crippen molar-refractivity contribution in [3.05, 3.63) is 104 Å². The van der Waals surface area contributed by atoms with E-state index in [-0.39, 0.29) is 53.4 Å². The molecule has 0 heterocycles. The summed E-state index contributed by atoms with van der Waals surface area (Å²) in [6, 6.07) is 6.93. The molecule has 8 heteroatoms. The Morgan fingerprint density at radius 1 is 0.714 bits per heavy atom. The van der Waals surface area contributed by atoms with Crippen LogP contribution in [0.2, 0.25) is 0 Å². The summed E-state index contributed by atoms with van der Waals surface area (Å²) in [5, 5.41) is 8.89. The Bertz CT molecular complexity index is 1510. The van der Waals surface area contributed by atoms with Gasteiger partial charge in [0, 0.05) is 5.56 Å². The molecule has 0 N–H and O–H groups in total. The van der Waals surface area contributed by atoms with Gasteiger partial charge in [-0.2, -0.15) is 5.26 Å². The van der Waals surface area contributed by atoms with E-state index in [1.807, 2.05) is 6.92 Å². The van der Waals surface area contributed by atoms with Gasteiger partial charge in [-0.1, -0.05) is 25.5 Å². The van der Waals surface area contributed by atoms with Gasteiger partial charge in [0.1, 0.15) is 29.1 Å². The quantitative estimate of drug-likeness (QED) is 0.199. The van der Waals surface area contributed by atoms with Crippen LogP contribution in [-0.4, -0.2) is 0 Å². The predicted molar refractivity (Wildman–Crippen MR) is 146 cm³/mol. The third-order valence-corrected chi connectivity index (χ3v) is 9.22. The molecule has 1 atom stereocenters. The van der Waals surface area contributed by atoms with Crippen molar-refractivity contribution in [1.82, 2.24) is 0 Å². The zero-order valence-corrected chi connectivity index (χ0v) is 23.4. The van der Waals surface area contributed by atoms with Gasteiger partial charge in [0.05, 0.1) is 0 Å². The second kappa shape index (κ2) is 12.5. The van der Waals surface area contributed by atoms with E-state index in [0.717, 1.165) is 12.1 Å². The number of aryl methyl sites for hydroxylation is 2. The second-order valence-electron chi connectivity index (χ2n) is 11.7. The number of hydrogen-bond donors (Lipinski definition) is 0. The zero-order chi connectivity index (χ0) is 30.1. The van der Waals surface area contributed by atoms with Crippen molar-refractivity contribution >= 4 is 0 Å². The van der Waals surface area contributed by atoms with E-state index in [4.69, 9.17) is 5.26 Å². The van der Waals surface area contributed by atoms with E-state index >= 15 is 13.2 Å². The van der Waals surface area contributed by atoms with E-state index in [1.54, 1.807) is 12.1 Å². The number of benzene rings is 3. The molecule has 1 nitrogen and oxygen atoms in total. The molecule has 3 aromatic carbocycles. The minimum Gasteiger partial charge on any atom is -0.206 e. The van der Waals surface area contributed by atoms with Gasteiger partial charge in [0.25, 0.3) is 0 Å². The molecular formula is C34H32F7N. The van der Waals surface area contributed by atoms with Crippen molar-refractivity contribution in [3.8, 4) is 6.07 Å². The lowest BCUT2D eigenvalue weighted by atomic mass is 9.73. The Balaban J connectivity index is 1.28. The Hall–Kier alpha value is -3.34. The van der Waals surface area contributed by atoms with E-state index in [2.05, 4.69) is 0 Å². The van der Waals surface area contributed by atoms with Gasteiger partial charge in [-0.15, -0.1) is 0 Å². The van der Waals surface area contributed by atoms with Crippen LogP contribution in [-0.2, 0) is 25.7 Å². The standard InChI is InChI=1S/C34H32F7N/c1-2-3-21-11-12-22(31(38)30(21)37)6-4-18-5-13-24-25(14-18)33(40)34(41)29(32(24)39)20-9-7-19(8-10-20)23-15-27(35)26(17-42)28(36)16-23/h11-12,15-16,18-20H,2-10,13-14H2,1H3. The first-order chi connectivity index (χ1) is 20.1. The van der Waals surface area contributed by atoms with Gasteiger partial charge in [0.15, 0.2) is 23.3 Å². The number of rotatable bonds is 7. The van der Waals surface area contributed by atoms with Crippen molar-refractivity contribution < 1.29 is 30.7 Å². The average molecular weight is 588 g/mol. The summed E-state index contributed by atoms with van der Waals surface area (Å²) in [6.45, 7) is 1.89. The van der Waals surface area contributed by atoms with Crippen LogP contribution < -0.4 is 0 Å². The first kappa shape index (κ1) is 30.1. The molecule has 0 bridgehead atoms. The molecule has 3 aromatic rings. The molecule has 1 unspecified atom stereocenters. The number of fused-ring (bicyclic) bond motifs is 1. The van der Waals surface area contributed by atoms with Gasteiger partial charge in [-0.05, 0) is 122 Å². The fourth-order valence-corrected chi connectivity index (χ4v) is 6.89. The number of nitriles is 1. The maximum Gasteiger partial charge on any atom is 0.165 e. The van der Waals surface area contributed by atoms with Gasteiger partial charge < -0.3 is 0 Å². The normalized spacial score (nSPS) is 20.3. The van der Waals surface area contributed by atoms with E-state index in [0.29, 0.717) is 62.5 Å². The van der Waals surface area contributed by atoms with Gasteiger partial charge in [-0.3, -0.25) is 0 Å². The van der Waals surface area contributed by atoms with Gasteiger partial charge in [0.2, 0.25) is 0 Å². The summed E-state index contributed by atoms with van der Waals surface area (Å²) in [5.41, 5.74) is 0.265. The van der Waals surface area contributed by atoms with Crippen LogP contribution in [0.15, 0.2) is 24.3 Å². The number of halogens is 7. The third-order valence-electron chi connectivity index (χ3n) is 9.22. The molecule has 222 valence electrons. The lowest BCUT2D eigenvalue weighted by Gasteiger charge is -2.32. The first-order valence-corrected chi connectivity index (χ1v) is 14.7. The maximum atomic E-state index is 15.7. The van der Waals surface area contributed by atoms with Gasteiger partial charge in [-0.25, -0.2) is 30.7 Å². The van der Waals surface area contributed by atoms with Gasteiger partial charge >= 0.3 is 0 Å². The Kier molecular flexibility index (Phi) is 8.96. The van der Waals surface area contributed by atoms with Crippen molar-refractivity contribution in [2.75, 3.05) is 0 Å². The van der Waals surface area contributed by atoms with Crippen LogP contribution in [0.25, 0.3) is 0 Å². The van der Waals surface area contributed by atoms with E-state index in [1.165, 1.54) is 6.07 Å². The molecule has 5 rings (SSSR count). The van der Waals surface area contributed by atoms with Crippen LogP contribution in [0.4, 0.5) is 30.7 Å². The summed E-state index contributed by atoms with van der Waals surface area (Å²) < 4.78 is 104. The molecule has 0 saturated heterocycles. The highest BCUT2D eigenvalue weighted by Crippen LogP contribution is 2.45. The summed E-state index contributed by atoms with van der Waals surface area (Å²) in [5.74, 6) is -7.48. The van der Waals surface area contributed by atoms with Crippen molar-refractivity contribution in [1.29, 1.82) is 5.26 Å². The molecule has 42 heavy (non-hydrogen) atoms. The summed E-state index contributed by atoms with van der Waals surface area (Å²) in [6.07, 6.45) is 4.15. The second-order valence-corrected chi connectivity index (χ2v) is 11.7. The van der Waals surface area contributed by atoms with Crippen LogP contribution in [0.5, 0.6) is 0 Å². The highest BCUT2D eigenvalue weighted by Gasteiger charge is 2.35. The molecule has 1 saturated carbocycles. The molecular weight excluding hydrogens is 555 g/mol. The minimum absolute atomic E-state index is 0.0205. The van der Waals surface area contributed by atoms with Crippen LogP contribution in [0.3, 0.4) is 0 Å². The smallest absolute Gasteiger partial charge is 0.165 e. The summed E-state index contributed by atoms with van der Waals surface area (Å²) in [4.78, 5) is 0. The Labute approximate surface area is 241 Å². The third kappa shape index (κ3) is 5.67. The van der Waals surface area contributed by atoms with Crippen LogP contribution in [0.1, 0.15) is 103 Å². The number of hydrogen-bond acceptors (Lipinski definition) is 1. The molecule has 0 aliphatic heterocycles. The largest absolute Gasteiger partial charge is 0.206 e. The molecule has 0 spiro atoms. The molecule has 0 amide bonds. The topological polar surface area (TPSA) is 23.8 Å². The summed E-state index contributed by atoms with van der Waals surface area (Å²) >= 11 is 0. The molecule has 0 radical (unpaired) electrons. The average Bonchev–Trinajstić information content (AvgIpc) is 2.98. The molecule has 2 aliphatic carbocycles. The summed E-state index contributed by atoms with van der Waals surface area (Å²) in [7, 11) is 0. The Morgan fingerprint density at radius 2 is 1.31 bits per heavy atom. The predicted octanol–water partition coefficient (Wildman–Crippen LogP) is 9.66.